The molecule has 0 amide bonds. The van der Waals surface area contributed by atoms with Gasteiger partial charge in [0.05, 0.1) is 5.56 Å². The fraction of sp³-hybridized carbons (Fsp3) is 0.429. The van der Waals surface area contributed by atoms with Gasteiger partial charge < -0.3 is 4.42 Å². The zero-order valence-electron chi connectivity index (χ0n) is 11.3. The number of Topliss-reactive ketones (excluding diaryl/α,β-unsaturated/α-hetero) is 1. The van der Waals surface area contributed by atoms with E-state index in [1.165, 1.54) is 0 Å². The Hall–Kier alpha value is -1.84. The first-order valence-corrected chi connectivity index (χ1v) is 6.07. The third-order valence-electron chi connectivity index (χ3n) is 3.37. The van der Waals surface area contributed by atoms with E-state index in [9.17, 15) is 4.79 Å². The summed E-state index contributed by atoms with van der Waals surface area (Å²) in [6.07, 6.45) is 2.94. The molecule has 2 heterocycles. The molecule has 0 unspecified atom stereocenters. The van der Waals surface area contributed by atoms with E-state index in [0.29, 0.717) is 12.8 Å². The van der Waals surface area contributed by atoms with Gasteiger partial charge >= 0.3 is 0 Å². The summed E-state index contributed by atoms with van der Waals surface area (Å²) in [6.45, 7) is 5.67. The van der Waals surface area contributed by atoms with Gasteiger partial charge in [0, 0.05) is 30.9 Å². The first-order valence-electron chi connectivity index (χ1n) is 6.07. The second kappa shape index (κ2) is 4.80. The van der Waals surface area contributed by atoms with Crippen molar-refractivity contribution in [1.82, 2.24) is 9.78 Å². The number of hydrogen-bond donors (Lipinski definition) is 0. The average molecular weight is 246 g/mol. The summed E-state index contributed by atoms with van der Waals surface area (Å²) in [5.41, 5.74) is 2.77. The lowest BCUT2D eigenvalue weighted by Crippen LogP contribution is -2.06. The van der Waals surface area contributed by atoms with Crippen molar-refractivity contribution in [3.05, 3.63) is 40.6 Å². The largest absolute Gasteiger partial charge is 0.466 e. The van der Waals surface area contributed by atoms with Gasteiger partial charge in [-0.3, -0.25) is 9.48 Å². The number of ketones is 1. The van der Waals surface area contributed by atoms with Crippen molar-refractivity contribution in [3.8, 4) is 0 Å². The number of nitrogens with zero attached hydrogens (tertiary/aromatic N) is 2. The first-order chi connectivity index (χ1) is 8.50. The fourth-order valence-corrected chi connectivity index (χ4v) is 2.22. The normalized spacial score (nSPS) is 10.9. The number of aromatic nitrogens is 2. The molecule has 0 spiro atoms. The highest BCUT2D eigenvalue weighted by molar-refractivity contribution is 5.98. The van der Waals surface area contributed by atoms with Crippen molar-refractivity contribution in [2.24, 2.45) is 7.05 Å². The summed E-state index contributed by atoms with van der Waals surface area (Å²) in [5.74, 6) is 1.69. The lowest BCUT2D eigenvalue weighted by molar-refractivity contribution is 0.0980. The van der Waals surface area contributed by atoms with E-state index in [2.05, 4.69) is 5.10 Å². The number of furan rings is 1. The summed E-state index contributed by atoms with van der Waals surface area (Å²) in [4.78, 5) is 12.2. The Balaban J connectivity index is 2.11. The Kier molecular flexibility index (Phi) is 3.36. The van der Waals surface area contributed by atoms with Crippen LogP contribution in [0.25, 0.3) is 0 Å². The molecule has 0 N–H and O–H groups in total. The summed E-state index contributed by atoms with van der Waals surface area (Å²) in [6, 6.07) is 1.94. The SMILES string of the molecule is Cc1oc(C)c(C(=O)CCc2ccnn2C)c1C. The van der Waals surface area contributed by atoms with Crippen molar-refractivity contribution >= 4 is 5.78 Å². The number of carbonyl (C=O) groups excluding carboxylic acids is 1. The van der Waals surface area contributed by atoms with Crippen molar-refractivity contribution in [1.29, 1.82) is 0 Å². The van der Waals surface area contributed by atoms with Crippen LogP contribution in [0.5, 0.6) is 0 Å². The van der Waals surface area contributed by atoms with Gasteiger partial charge in [-0.05, 0) is 33.3 Å². The van der Waals surface area contributed by atoms with Crippen LogP contribution in [-0.4, -0.2) is 15.6 Å². The molecule has 0 atom stereocenters. The lowest BCUT2D eigenvalue weighted by atomic mass is 10.0. The van der Waals surface area contributed by atoms with Crippen LogP contribution < -0.4 is 0 Å². The zero-order valence-corrected chi connectivity index (χ0v) is 11.3. The van der Waals surface area contributed by atoms with Crippen LogP contribution in [0, 0.1) is 20.8 Å². The van der Waals surface area contributed by atoms with E-state index < -0.39 is 0 Å². The number of aryl methyl sites for hydroxylation is 4. The fourth-order valence-electron chi connectivity index (χ4n) is 2.22. The van der Waals surface area contributed by atoms with Gasteiger partial charge in [-0.25, -0.2) is 0 Å². The standard InChI is InChI=1S/C14H18N2O2/c1-9-10(2)18-11(3)14(9)13(17)6-5-12-7-8-15-16(12)4/h7-8H,5-6H2,1-4H3. The maximum atomic E-state index is 12.2. The maximum absolute atomic E-state index is 12.2. The minimum Gasteiger partial charge on any atom is -0.466 e. The van der Waals surface area contributed by atoms with Crippen LogP contribution in [0.2, 0.25) is 0 Å². The third kappa shape index (κ3) is 2.23. The predicted molar refractivity (Wildman–Crippen MR) is 68.8 cm³/mol. The van der Waals surface area contributed by atoms with Crippen molar-refractivity contribution < 1.29 is 9.21 Å². The second-order valence-corrected chi connectivity index (χ2v) is 4.58. The topological polar surface area (TPSA) is 48.0 Å². The molecule has 96 valence electrons. The molecule has 0 aliphatic rings. The number of rotatable bonds is 4. The van der Waals surface area contributed by atoms with Crippen LogP contribution in [-0.2, 0) is 13.5 Å². The van der Waals surface area contributed by atoms with Crippen LogP contribution in [0.1, 0.15) is 39.6 Å². The van der Waals surface area contributed by atoms with Crippen LogP contribution >= 0.6 is 0 Å². The zero-order chi connectivity index (χ0) is 13.3. The summed E-state index contributed by atoms with van der Waals surface area (Å²) in [5, 5.41) is 4.09. The van der Waals surface area contributed by atoms with Gasteiger partial charge in [0.25, 0.3) is 0 Å². The predicted octanol–water partition coefficient (Wildman–Crippen LogP) is 2.75. The third-order valence-corrected chi connectivity index (χ3v) is 3.37. The highest BCUT2D eigenvalue weighted by atomic mass is 16.3. The quantitative estimate of drug-likeness (QED) is 0.779. The lowest BCUT2D eigenvalue weighted by Gasteiger charge is -2.02. The molecule has 0 saturated carbocycles. The molecule has 4 heteroatoms. The van der Waals surface area contributed by atoms with Gasteiger partial charge in [0.15, 0.2) is 5.78 Å². The molecule has 0 fully saturated rings. The molecular formula is C14H18N2O2. The Morgan fingerprint density at radius 3 is 2.56 bits per heavy atom. The molecule has 2 aromatic rings. The molecule has 18 heavy (non-hydrogen) atoms. The highest BCUT2D eigenvalue weighted by Crippen LogP contribution is 2.22. The molecule has 0 saturated heterocycles. The summed E-state index contributed by atoms with van der Waals surface area (Å²) >= 11 is 0. The summed E-state index contributed by atoms with van der Waals surface area (Å²) < 4.78 is 7.29. The molecule has 0 radical (unpaired) electrons. The smallest absolute Gasteiger partial charge is 0.167 e. The Labute approximate surface area is 107 Å². The van der Waals surface area contributed by atoms with Gasteiger partial charge in [-0.15, -0.1) is 0 Å². The van der Waals surface area contributed by atoms with E-state index >= 15 is 0 Å². The van der Waals surface area contributed by atoms with E-state index in [1.54, 1.807) is 10.9 Å². The minimum absolute atomic E-state index is 0.142. The molecule has 0 aromatic carbocycles. The van der Waals surface area contributed by atoms with E-state index in [1.807, 2.05) is 33.9 Å². The maximum Gasteiger partial charge on any atom is 0.167 e. The Morgan fingerprint density at radius 2 is 2.06 bits per heavy atom. The highest BCUT2D eigenvalue weighted by Gasteiger charge is 2.18. The van der Waals surface area contributed by atoms with Gasteiger partial charge in [-0.2, -0.15) is 5.10 Å². The molecule has 2 aromatic heterocycles. The molecule has 0 aliphatic heterocycles. The Bertz CT molecular complexity index is 579. The van der Waals surface area contributed by atoms with Crippen LogP contribution in [0.3, 0.4) is 0 Å². The molecule has 4 nitrogen and oxygen atoms in total. The van der Waals surface area contributed by atoms with E-state index in [4.69, 9.17) is 4.42 Å². The minimum atomic E-state index is 0.142. The van der Waals surface area contributed by atoms with Crippen molar-refractivity contribution in [3.63, 3.8) is 0 Å². The van der Waals surface area contributed by atoms with E-state index in [-0.39, 0.29) is 5.78 Å². The number of hydrogen-bond acceptors (Lipinski definition) is 3. The number of carbonyl (C=O) groups is 1. The molecule has 0 aliphatic carbocycles. The van der Waals surface area contributed by atoms with Crippen LogP contribution in [0.15, 0.2) is 16.7 Å². The average Bonchev–Trinajstić information content (AvgIpc) is 2.81. The van der Waals surface area contributed by atoms with Crippen molar-refractivity contribution in [2.45, 2.75) is 33.6 Å². The molecule has 2 rings (SSSR count). The monoisotopic (exact) mass is 246 g/mol. The molecule has 0 bridgehead atoms. The van der Waals surface area contributed by atoms with E-state index in [0.717, 1.165) is 28.3 Å². The summed E-state index contributed by atoms with van der Waals surface area (Å²) in [7, 11) is 1.89. The van der Waals surface area contributed by atoms with Crippen LogP contribution in [0.4, 0.5) is 0 Å². The first kappa shape index (κ1) is 12.6. The van der Waals surface area contributed by atoms with Gasteiger partial charge in [0.2, 0.25) is 0 Å². The van der Waals surface area contributed by atoms with Gasteiger partial charge in [-0.1, -0.05) is 0 Å². The second-order valence-electron chi connectivity index (χ2n) is 4.58. The van der Waals surface area contributed by atoms with Gasteiger partial charge in [0.1, 0.15) is 11.5 Å². The Morgan fingerprint density at radius 1 is 1.33 bits per heavy atom. The molecular weight excluding hydrogens is 228 g/mol. The van der Waals surface area contributed by atoms with Crippen molar-refractivity contribution in [2.75, 3.05) is 0 Å².